The Balaban J connectivity index is 1.47. The van der Waals surface area contributed by atoms with E-state index in [1.807, 2.05) is 42.2 Å². The number of para-hydroxylation sites is 1. The lowest BCUT2D eigenvalue weighted by molar-refractivity contribution is 0.0717. The highest BCUT2D eigenvalue weighted by atomic mass is 16.3. The van der Waals surface area contributed by atoms with Crippen molar-refractivity contribution in [2.45, 2.75) is 6.92 Å². The molecule has 3 heterocycles. The van der Waals surface area contributed by atoms with Gasteiger partial charge in [-0.1, -0.05) is 18.2 Å². The maximum atomic E-state index is 12.7. The molecule has 0 spiro atoms. The Morgan fingerprint density at radius 3 is 2.54 bits per heavy atom. The number of anilines is 1. The van der Waals surface area contributed by atoms with E-state index in [0.29, 0.717) is 24.4 Å². The molecule has 0 N–H and O–H groups in total. The van der Waals surface area contributed by atoms with Crippen LogP contribution in [0.25, 0.3) is 11.1 Å². The molecule has 0 atom stereocenters. The third-order valence-corrected chi connectivity index (χ3v) is 4.41. The van der Waals surface area contributed by atoms with Gasteiger partial charge in [0.25, 0.3) is 5.91 Å². The van der Waals surface area contributed by atoms with Crippen LogP contribution in [0.15, 0.2) is 52.9 Å². The van der Waals surface area contributed by atoms with E-state index in [9.17, 15) is 4.79 Å². The molecule has 1 aliphatic heterocycles. The molecule has 0 unspecified atom stereocenters. The van der Waals surface area contributed by atoms with Crippen LogP contribution in [0.3, 0.4) is 0 Å². The fourth-order valence-electron chi connectivity index (χ4n) is 3.09. The number of fused-ring (bicyclic) bond motifs is 1. The Morgan fingerprint density at radius 2 is 1.79 bits per heavy atom. The number of piperazine rings is 1. The van der Waals surface area contributed by atoms with Gasteiger partial charge in [0, 0.05) is 43.6 Å². The summed E-state index contributed by atoms with van der Waals surface area (Å²) in [5, 5.41) is 0. The number of pyridine rings is 1. The minimum atomic E-state index is -0.0571. The van der Waals surface area contributed by atoms with Gasteiger partial charge in [-0.15, -0.1) is 0 Å². The second-order valence-electron chi connectivity index (χ2n) is 6.06. The Hall–Kier alpha value is -2.82. The van der Waals surface area contributed by atoms with E-state index in [4.69, 9.17) is 4.42 Å². The van der Waals surface area contributed by atoms with Gasteiger partial charge in [0.05, 0.1) is 0 Å². The molecule has 1 saturated heterocycles. The molecule has 5 nitrogen and oxygen atoms in total. The minimum Gasteiger partial charge on any atom is -0.449 e. The molecule has 122 valence electrons. The number of carbonyl (C=O) groups excluding carboxylic acids is 1. The van der Waals surface area contributed by atoms with Crippen molar-refractivity contribution >= 4 is 22.7 Å². The second-order valence-corrected chi connectivity index (χ2v) is 6.06. The minimum absolute atomic E-state index is 0.0571. The van der Waals surface area contributed by atoms with Crippen LogP contribution in [0, 0.1) is 6.92 Å². The van der Waals surface area contributed by atoms with E-state index in [-0.39, 0.29) is 5.91 Å². The largest absolute Gasteiger partial charge is 0.449 e. The molecule has 1 aromatic carbocycles. The van der Waals surface area contributed by atoms with Crippen LogP contribution in [-0.2, 0) is 0 Å². The lowest BCUT2D eigenvalue weighted by atomic mass is 10.2. The molecule has 24 heavy (non-hydrogen) atoms. The van der Waals surface area contributed by atoms with Crippen molar-refractivity contribution in [2.75, 3.05) is 31.1 Å². The van der Waals surface area contributed by atoms with E-state index < -0.39 is 0 Å². The van der Waals surface area contributed by atoms with Gasteiger partial charge in [-0.2, -0.15) is 0 Å². The van der Waals surface area contributed by atoms with E-state index in [1.165, 1.54) is 5.69 Å². The first-order valence-electron chi connectivity index (χ1n) is 8.17. The number of aromatic nitrogens is 1. The Morgan fingerprint density at radius 1 is 1.04 bits per heavy atom. The average molecular weight is 321 g/mol. The first-order chi connectivity index (χ1) is 11.7. The summed E-state index contributed by atoms with van der Waals surface area (Å²) < 4.78 is 5.68. The van der Waals surface area contributed by atoms with Gasteiger partial charge in [-0.25, -0.2) is 4.98 Å². The van der Waals surface area contributed by atoms with Gasteiger partial charge in [-0.05, 0) is 31.2 Å². The number of nitrogens with zero attached hydrogens (tertiary/aromatic N) is 3. The summed E-state index contributed by atoms with van der Waals surface area (Å²) in [5.74, 6) is 0.314. The maximum Gasteiger partial charge on any atom is 0.289 e. The van der Waals surface area contributed by atoms with E-state index >= 15 is 0 Å². The zero-order valence-corrected chi connectivity index (χ0v) is 13.6. The third-order valence-electron chi connectivity index (χ3n) is 4.41. The first-order valence-corrected chi connectivity index (χ1v) is 8.17. The summed E-state index contributed by atoms with van der Waals surface area (Å²) in [6.07, 6.45) is 0. The fraction of sp³-hybridized carbons (Fsp3) is 0.263. The Kier molecular flexibility index (Phi) is 3.69. The third kappa shape index (κ3) is 2.73. The van der Waals surface area contributed by atoms with Crippen LogP contribution in [0.5, 0.6) is 0 Å². The summed E-state index contributed by atoms with van der Waals surface area (Å²) in [5.41, 5.74) is 3.51. The van der Waals surface area contributed by atoms with Crippen molar-refractivity contribution in [3.8, 4) is 0 Å². The molecule has 1 fully saturated rings. The van der Waals surface area contributed by atoms with Gasteiger partial charge >= 0.3 is 0 Å². The lowest BCUT2D eigenvalue weighted by Gasteiger charge is -2.35. The number of benzene rings is 1. The predicted octanol–water partition coefficient (Wildman–Crippen LogP) is 3.10. The molecular formula is C19H19N3O2. The van der Waals surface area contributed by atoms with Crippen molar-refractivity contribution in [3.63, 3.8) is 0 Å². The quantitative estimate of drug-likeness (QED) is 0.728. The first kappa shape index (κ1) is 14.8. The number of hydrogen-bond donors (Lipinski definition) is 0. The summed E-state index contributed by atoms with van der Waals surface area (Å²) in [6, 6.07) is 15.8. The van der Waals surface area contributed by atoms with Crippen LogP contribution in [0.1, 0.15) is 16.2 Å². The second kappa shape index (κ2) is 6.00. The molecule has 0 radical (unpaired) electrons. The summed E-state index contributed by atoms with van der Waals surface area (Å²) >= 11 is 0. The van der Waals surface area contributed by atoms with Gasteiger partial charge < -0.3 is 14.2 Å². The average Bonchev–Trinajstić information content (AvgIpc) is 3.05. The highest BCUT2D eigenvalue weighted by Crippen LogP contribution is 2.21. The molecule has 1 aliphatic rings. The molecular weight excluding hydrogens is 302 g/mol. The number of hydrogen-bond acceptors (Lipinski definition) is 4. The van der Waals surface area contributed by atoms with Crippen molar-refractivity contribution in [2.24, 2.45) is 0 Å². The number of furan rings is 1. The molecule has 2 aromatic heterocycles. The Labute approximate surface area is 140 Å². The van der Waals surface area contributed by atoms with Gasteiger partial charge in [-0.3, -0.25) is 4.79 Å². The van der Waals surface area contributed by atoms with Crippen LogP contribution in [0.2, 0.25) is 0 Å². The standard InChI is InChI=1S/C19H19N3O2/c1-14-7-8-17-16(20-14)13-18(24-17)19(23)22-11-9-21(10-12-22)15-5-3-2-4-6-15/h2-8,13H,9-12H2,1H3. The normalized spacial score (nSPS) is 15.0. The monoisotopic (exact) mass is 321 g/mol. The van der Waals surface area contributed by atoms with Gasteiger partial charge in [0.1, 0.15) is 5.52 Å². The van der Waals surface area contributed by atoms with Crippen molar-refractivity contribution in [1.29, 1.82) is 0 Å². The van der Waals surface area contributed by atoms with Crippen molar-refractivity contribution < 1.29 is 9.21 Å². The molecule has 0 saturated carbocycles. The molecule has 0 bridgehead atoms. The van der Waals surface area contributed by atoms with E-state index in [2.05, 4.69) is 22.0 Å². The smallest absolute Gasteiger partial charge is 0.289 e. The molecule has 1 amide bonds. The van der Waals surface area contributed by atoms with Gasteiger partial charge in [0.2, 0.25) is 0 Å². The topological polar surface area (TPSA) is 49.6 Å². The van der Waals surface area contributed by atoms with E-state index in [1.54, 1.807) is 6.07 Å². The van der Waals surface area contributed by atoms with E-state index in [0.717, 1.165) is 24.3 Å². The Bertz CT molecular complexity index is 865. The van der Waals surface area contributed by atoms with Crippen LogP contribution in [0.4, 0.5) is 5.69 Å². The van der Waals surface area contributed by atoms with Crippen LogP contribution < -0.4 is 4.90 Å². The number of aryl methyl sites for hydroxylation is 1. The molecule has 5 heteroatoms. The predicted molar refractivity (Wildman–Crippen MR) is 93.3 cm³/mol. The maximum absolute atomic E-state index is 12.7. The number of rotatable bonds is 2. The highest BCUT2D eigenvalue weighted by molar-refractivity contribution is 5.95. The number of amides is 1. The zero-order chi connectivity index (χ0) is 16.5. The summed E-state index contributed by atoms with van der Waals surface area (Å²) in [7, 11) is 0. The molecule has 4 rings (SSSR count). The molecule has 3 aromatic rings. The van der Waals surface area contributed by atoms with Crippen molar-refractivity contribution in [3.05, 3.63) is 60.0 Å². The molecule has 0 aliphatic carbocycles. The van der Waals surface area contributed by atoms with Crippen molar-refractivity contribution in [1.82, 2.24) is 9.88 Å². The lowest BCUT2D eigenvalue weighted by Crippen LogP contribution is -2.48. The SMILES string of the molecule is Cc1ccc2oc(C(=O)N3CCN(c4ccccc4)CC3)cc2n1. The zero-order valence-electron chi connectivity index (χ0n) is 13.6. The van der Waals surface area contributed by atoms with Crippen LogP contribution in [-0.4, -0.2) is 42.0 Å². The summed E-state index contributed by atoms with van der Waals surface area (Å²) in [4.78, 5) is 21.2. The van der Waals surface area contributed by atoms with Crippen LogP contribution >= 0.6 is 0 Å². The summed E-state index contributed by atoms with van der Waals surface area (Å²) in [6.45, 7) is 4.96. The van der Waals surface area contributed by atoms with Gasteiger partial charge in [0.15, 0.2) is 11.3 Å². The number of carbonyl (C=O) groups is 1. The highest BCUT2D eigenvalue weighted by Gasteiger charge is 2.24. The fourth-order valence-corrected chi connectivity index (χ4v) is 3.09.